The van der Waals surface area contributed by atoms with E-state index in [1.54, 1.807) is 12.1 Å². The molecule has 1 saturated heterocycles. The van der Waals surface area contributed by atoms with Crippen LogP contribution in [0.15, 0.2) is 24.3 Å². The summed E-state index contributed by atoms with van der Waals surface area (Å²) in [7, 11) is -0.255. The van der Waals surface area contributed by atoms with Gasteiger partial charge in [0.1, 0.15) is 0 Å². The first kappa shape index (κ1) is 23.6. The standard InChI is InChI=1S/C13H27NO2Si.C9H8O3/c1-8-10-11(12(15)14-10)9(2)16-17(6,7)13(3,4)5;1-11-9-7-4-2-6(3-5-7)8(10)12-9/h9-11H,8H2,1-7H3,(H,14,15);2-5,9H,1H3. The number of hydrogen-bond acceptors (Lipinski definition) is 5. The molecule has 162 valence electrons. The Balaban J connectivity index is 0.000000218. The summed E-state index contributed by atoms with van der Waals surface area (Å²) in [4.78, 5) is 22.8. The average molecular weight is 422 g/mol. The van der Waals surface area contributed by atoms with Crippen molar-refractivity contribution in [2.24, 2.45) is 5.92 Å². The van der Waals surface area contributed by atoms with Crippen molar-refractivity contribution in [3.8, 4) is 0 Å². The lowest BCUT2D eigenvalue weighted by molar-refractivity contribution is -0.140. The van der Waals surface area contributed by atoms with Crippen LogP contribution in [-0.4, -0.2) is 39.4 Å². The summed E-state index contributed by atoms with van der Waals surface area (Å²) in [6.45, 7) is 15.3. The van der Waals surface area contributed by atoms with Gasteiger partial charge in [-0.05, 0) is 43.6 Å². The van der Waals surface area contributed by atoms with E-state index in [0.717, 1.165) is 12.0 Å². The van der Waals surface area contributed by atoms with Crippen LogP contribution in [-0.2, 0) is 18.7 Å². The number of fused-ring (bicyclic) bond motifs is 4. The van der Waals surface area contributed by atoms with Crippen LogP contribution in [0.1, 0.15) is 63.3 Å². The van der Waals surface area contributed by atoms with Gasteiger partial charge in [0.25, 0.3) is 0 Å². The number of benzene rings is 1. The van der Waals surface area contributed by atoms with Crippen LogP contribution < -0.4 is 5.32 Å². The molecule has 0 radical (unpaired) electrons. The molecule has 0 spiro atoms. The fourth-order valence-electron chi connectivity index (χ4n) is 3.26. The lowest BCUT2D eigenvalue weighted by Crippen LogP contribution is -2.63. The predicted octanol–water partition coefficient (Wildman–Crippen LogP) is 4.42. The Morgan fingerprint density at radius 1 is 1.17 bits per heavy atom. The van der Waals surface area contributed by atoms with Crippen LogP contribution in [0, 0.1) is 5.92 Å². The number of methoxy groups -OCH3 is 1. The van der Waals surface area contributed by atoms with Crippen LogP contribution in [0.25, 0.3) is 0 Å². The molecule has 4 atom stereocenters. The van der Waals surface area contributed by atoms with Crippen LogP contribution in [0.3, 0.4) is 0 Å². The first-order valence-electron chi connectivity index (χ1n) is 10.2. The Morgan fingerprint density at radius 3 is 2.21 bits per heavy atom. The summed E-state index contributed by atoms with van der Waals surface area (Å²) < 4.78 is 16.2. The van der Waals surface area contributed by atoms with Crippen molar-refractivity contribution in [3.63, 3.8) is 0 Å². The van der Waals surface area contributed by atoms with Crippen molar-refractivity contribution in [3.05, 3.63) is 35.4 Å². The Kier molecular flexibility index (Phi) is 7.30. The maximum atomic E-state index is 11.6. The van der Waals surface area contributed by atoms with Crippen molar-refractivity contribution in [2.45, 2.75) is 77.6 Å². The zero-order valence-electron chi connectivity index (χ0n) is 18.9. The van der Waals surface area contributed by atoms with E-state index in [-0.39, 0.29) is 28.9 Å². The molecule has 3 heterocycles. The number of esters is 1. The van der Waals surface area contributed by atoms with Crippen molar-refractivity contribution >= 4 is 20.2 Å². The van der Waals surface area contributed by atoms with Crippen LogP contribution >= 0.6 is 0 Å². The molecule has 7 heteroatoms. The van der Waals surface area contributed by atoms with Gasteiger partial charge in [0.05, 0.1) is 17.6 Å². The van der Waals surface area contributed by atoms with E-state index in [2.05, 4.69) is 46.1 Å². The molecule has 1 fully saturated rings. The number of nitrogens with one attached hydrogen (secondary N) is 1. The van der Waals surface area contributed by atoms with Crippen molar-refractivity contribution in [1.82, 2.24) is 5.32 Å². The fraction of sp³-hybridized carbons (Fsp3) is 0.636. The van der Waals surface area contributed by atoms with Gasteiger partial charge < -0.3 is 19.2 Å². The molecule has 4 rings (SSSR count). The highest BCUT2D eigenvalue weighted by molar-refractivity contribution is 6.74. The largest absolute Gasteiger partial charge is 0.428 e. The first-order valence-corrected chi connectivity index (χ1v) is 13.1. The molecule has 3 aliphatic heterocycles. The highest BCUT2D eigenvalue weighted by Crippen LogP contribution is 2.39. The summed E-state index contributed by atoms with van der Waals surface area (Å²) in [5, 5.41) is 3.14. The third-order valence-corrected chi connectivity index (χ3v) is 10.7. The van der Waals surface area contributed by atoms with E-state index >= 15 is 0 Å². The number of amides is 1. The molecule has 0 aromatic heterocycles. The molecular weight excluding hydrogens is 386 g/mol. The number of carbonyl (C=O) groups excluding carboxylic acids is 2. The topological polar surface area (TPSA) is 73.9 Å². The van der Waals surface area contributed by atoms with E-state index in [0.29, 0.717) is 11.6 Å². The van der Waals surface area contributed by atoms with Crippen LogP contribution in [0.5, 0.6) is 0 Å². The minimum atomic E-state index is -1.77. The number of hydrogen-bond donors (Lipinski definition) is 1. The molecule has 1 aromatic carbocycles. The molecular formula is C22H35NO5Si. The van der Waals surface area contributed by atoms with Crippen LogP contribution in [0.2, 0.25) is 18.1 Å². The van der Waals surface area contributed by atoms with Gasteiger partial charge in [0, 0.05) is 18.7 Å². The minimum Gasteiger partial charge on any atom is -0.428 e. The predicted molar refractivity (Wildman–Crippen MR) is 115 cm³/mol. The highest BCUT2D eigenvalue weighted by Gasteiger charge is 2.46. The second-order valence-electron chi connectivity index (χ2n) is 9.23. The summed E-state index contributed by atoms with van der Waals surface area (Å²) >= 11 is 0. The van der Waals surface area contributed by atoms with Crippen LogP contribution in [0.4, 0.5) is 0 Å². The maximum Gasteiger partial charge on any atom is 0.340 e. The third-order valence-electron chi connectivity index (χ3n) is 6.14. The van der Waals surface area contributed by atoms with Gasteiger partial charge in [-0.2, -0.15) is 0 Å². The maximum absolute atomic E-state index is 11.6. The Hall–Kier alpha value is -1.70. The zero-order valence-corrected chi connectivity index (χ0v) is 19.9. The molecule has 29 heavy (non-hydrogen) atoms. The van der Waals surface area contributed by atoms with Gasteiger partial charge >= 0.3 is 5.97 Å². The fourth-order valence-corrected chi connectivity index (χ4v) is 4.69. The Morgan fingerprint density at radius 2 is 1.76 bits per heavy atom. The number of β-lactam (4-membered cyclic amide) rings is 1. The number of rotatable bonds is 5. The minimum absolute atomic E-state index is 0.0367. The highest BCUT2D eigenvalue weighted by atomic mass is 28.4. The molecule has 1 amide bonds. The second kappa shape index (κ2) is 8.98. The lowest BCUT2D eigenvalue weighted by Gasteiger charge is -2.45. The Labute approximate surface area is 175 Å². The van der Waals surface area contributed by atoms with Gasteiger partial charge in [0.15, 0.2) is 8.32 Å². The van der Waals surface area contributed by atoms with E-state index < -0.39 is 14.6 Å². The van der Waals surface area contributed by atoms with Gasteiger partial charge in [0.2, 0.25) is 12.2 Å². The second-order valence-corrected chi connectivity index (χ2v) is 14.0. The SMILES string of the molecule is CCC1NC(=O)C1C(C)O[Si](C)(C)C(C)(C)C.COC1OC(=O)c2ccc1cc2. The van der Waals surface area contributed by atoms with Crippen molar-refractivity contribution < 1.29 is 23.5 Å². The molecule has 0 saturated carbocycles. The lowest BCUT2D eigenvalue weighted by atomic mass is 9.85. The molecule has 3 aliphatic rings. The van der Waals surface area contributed by atoms with E-state index in [4.69, 9.17) is 13.9 Å². The molecule has 1 N–H and O–H groups in total. The normalized spacial score (nSPS) is 24.5. The quantitative estimate of drug-likeness (QED) is 0.433. The molecule has 2 bridgehead atoms. The Bertz CT molecular complexity index is 726. The molecule has 4 unspecified atom stereocenters. The van der Waals surface area contributed by atoms with Gasteiger partial charge in [-0.3, -0.25) is 4.79 Å². The summed E-state index contributed by atoms with van der Waals surface area (Å²) in [6.07, 6.45) is 0.473. The molecule has 1 aromatic rings. The number of ether oxygens (including phenoxy) is 2. The summed E-state index contributed by atoms with van der Waals surface area (Å²) in [5.41, 5.74) is 1.44. The van der Waals surface area contributed by atoms with Crippen molar-refractivity contribution in [1.29, 1.82) is 0 Å². The third kappa shape index (κ3) is 5.27. The summed E-state index contributed by atoms with van der Waals surface area (Å²) in [6, 6.07) is 7.43. The van der Waals surface area contributed by atoms with E-state index in [1.807, 2.05) is 19.1 Å². The molecule has 6 nitrogen and oxygen atoms in total. The zero-order chi connectivity index (χ0) is 22.0. The van der Waals surface area contributed by atoms with E-state index in [1.165, 1.54) is 7.11 Å². The van der Waals surface area contributed by atoms with Gasteiger partial charge in [-0.15, -0.1) is 0 Å². The van der Waals surface area contributed by atoms with Gasteiger partial charge in [-0.1, -0.05) is 39.8 Å². The molecule has 0 aliphatic carbocycles. The first-order chi connectivity index (χ1) is 13.4. The van der Waals surface area contributed by atoms with Gasteiger partial charge in [-0.25, -0.2) is 4.79 Å². The van der Waals surface area contributed by atoms with Crippen molar-refractivity contribution in [2.75, 3.05) is 7.11 Å². The summed E-state index contributed by atoms with van der Waals surface area (Å²) in [5.74, 6) is -0.126. The van der Waals surface area contributed by atoms with E-state index in [9.17, 15) is 9.59 Å². The number of carbonyl (C=O) groups is 2. The smallest absolute Gasteiger partial charge is 0.340 e. The average Bonchev–Trinajstić information content (AvgIpc) is 2.86. The monoisotopic (exact) mass is 421 g/mol.